The van der Waals surface area contributed by atoms with Crippen LogP contribution in [0.15, 0.2) is 28.7 Å². The molecule has 1 aliphatic heterocycles. The van der Waals surface area contributed by atoms with Crippen LogP contribution in [0.4, 0.5) is 5.69 Å². The van der Waals surface area contributed by atoms with Gasteiger partial charge in [0.1, 0.15) is 0 Å². The third kappa shape index (κ3) is 3.50. The van der Waals surface area contributed by atoms with Crippen molar-refractivity contribution in [1.29, 1.82) is 0 Å². The van der Waals surface area contributed by atoms with Crippen molar-refractivity contribution in [2.75, 3.05) is 31.6 Å². The van der Waals surface area contributed by atoms with Crippen molar-refractivity contribution in [3.05, 3.63) is 28.7 Å². The van der Waals surface area contributed by atoms with Gasteiger partial charge in [-0.05, 0) is 68.0 Å². The van der Waals surface area contributed by atoms with Gasteiger partial charge in [0.05, 0.1) is 5.69 Å². The van der Waals surface area contributed by atoms with Gasteiger partial charge in [-0.25, -0.2) is 0 Å². The van der Waals surface area contributed by atoms with E-state index in [1.807, 2.05) is 0 Å². The molecule has 0 saturated carbocycles. The van der Waals surface area contributed by atoms with Crippen LogP contribution in [0.25, 0.3) is 0 Å². The van der Waals surface area contributed by atoms with Crippen molar-refractivity contribution in [2.24, 2.45) is 5.73 Å². The molecule has 3 nitrogen and oxygen atoms in total. The fourth-order valence-corrected chi connectivity index (χ4v) is 3.45. The van der Waals surface area contributed by atoms with Crippen molar-refractivity contribution >= 4 is 21.6 Å². The van der Waals surface area contributed by atoms with Gasteiger partial charge in [-0.3, -0.25) is 0 Å². The second-order valence-corrected chi connectivity index (χ2v) is 6.34. The number of nitrogens with zero attached hydrogens (tertiary/aromatic N) is 2. The molecule has 0 aromatic heterocycles. The Labute approximate surface area is 124 Å². The molecule has 2 rings (SSSR count). The number of rotatable bonds is 3. The predicted molar refractivity (Wildman–Crippen MR) is 85.7 cm³/mol. The zero-order chi connectivity index (χ0) is 13.8. The minimum absolute atomic E-state index is 0.492. The molecule has 2 unspecified atom stereocenters. The summed E-state index contributed by atoms with van der Waals surface area (Å²) in [4.78, 5) is 4.98. The fourth-order valence-electron chi connectivity index (χ4n) is 2.96. The average Bonchev–Trinajstić information content (AvgIpc) is 2.51. The zero-order valence-corrected chi connectivity index (χ0v) is 13.4. The topological polar surface area (TPSA) is 32.5 Å². The summed E-state index contributed by atoms with van der Waals surface area (Å²) in [5.41, 5.74) is 7.12. The van der Waals surface area contributed by atoms with Crippen LogP contribution >= 0.6 is 15.9 Å². The lowest BCUT2D eigenvalue weighted by atomic mass is 10.1. The zero-order valence-electron chi connectivity index (χ0n) is 11.8. The highest BCUT2D eigenvalue weighted by Gasteiger charge is 2.28. The van der Waals surface area contributed by atoms with E-state index in [0.29, 0.717) is 12.1 Å². The number of likely N-dealkylation sites (N-methyl/N-ethyl adjacent to an activating group) is 1. The first-order chi connectivity index (χ1) is 9.13. The monoisotopic (exact) mass is 325 g/mol. The van der Waals surface area contributed by atoms with E-state index in [2.05, 4.69) is 64.0 Å². The molecule has 0 bridgehead atoms. The lowest BCUT2D eigenvalue weighted by Crippen LogP contribution is -2.45. The van der Waals surface area contributed by atoms with Gasteiger partial charge in [-0.15, -0.1) is 0 Å². The van der Waals surface area contributed by atoms with Crippen LogP contribution in [0.3, 0.4) is 0 Å². The molecule has 4 heteroatoms. The molecule has 0 radical (unpaired) electrons. The fraction of sp³-hybridized carbons (Fsp3) is 0.600. The molecule has 19 heavy (non-hydrogen) atoms. The van der Waals surface area contributed by atoms with Gasteiger partial charge in [0.2, 0.25) is 0 Å². The number of anilines is 1. The van der Waals surface area contributed by atoms with E-state index in [1.54, 1.807) is 0 Å². The average molecular weight is 326 g/mol. The normalized spacial score (nSPS) is 25.4. The summed E-state index contributed by atoms with van der Waals surface area (Å²) in [7, 11) is 2.21. The Morgan fingerprint density at radius 1 is 1.37 bits per heavy atom. The van der Waals surface area contributed by atoms with Crippen LogP contribution in [0.2, 0.25) is 0 Å². The Balaban J connectivity index is 2.33. The molecule has 0 aliphatic carbocycles. The van der Waals surface area contributed by atoms with Gasteiger partial charge < -0.3 is 15.5 Å². The van der Waals surface area contributed by atoms with Crippen molar-refractivity contribution < 1.29 is 0 Å². The first kappa shape index (κ1) is 14.8. The van der Waals surface area contributed by atoms with Gasteiger partial charge in [-0.1, -0.05) is 12.1 Å². The largest absolute Gasteiger partial charge is 0.364 e. The minimum atomic E-state index is 0.492. The van der Waals surface area contributed by atoms with E-state index >= 15 is 0 Å². The highest BCUT2D eigenvalue weighted by Crippen LogP contribution is 2.32. The summed E-state index contributed by atoms with van der Waals surface area (Å²) in [6.45, 7) is 5.31. The Kier molecular flexibility index (Phi) is 5.25. The minimum Gasteiger partial charge on any atom is -0.364 e. The highest BCUT2D eigenvalue weighted by molar-refractivity contribution is 9.10. The summed E-state index contributed by atoms with van der Waals surface area (Å²) in [6, 6.07) is 9.54. The number of hydrogen-bond donors (Lipinski definition) is 1. The highest BCUT2D eigenvalue weighted by atomic mass is 79.9. The van der Waals surface area contributed by atoms with Gasteiger partial charge in [0, 0.05) is 23.1 Å². The summed E-state index contributed by atoms with van der Waals surface area (Å²) in [5, 5.41) is 0. The summed E-state index contributed by atoms with van der Waals surface area (Å²) < 4.78 is 1.17. The smallest absolute Gasteiger partial charge is 0.0516 e. The Bertz CT molecular complexity index is 410. The van der Waals surface area contributed by atoms with Crippen LogP contribution in [0.1, 0.15) is 19.8 Å². The number of para-hydroxylation sites is 1. The maximum Gasteiger partial charge on any atom is 0.0516 e. The van der Waals surface area contributed by atoms with Crippen LogP contribution < -0.4 is 10.6 Å². The predicted octanol–water partition coefficient (Wildman–Crippen LogP) is 2.70. The molecule has 0 amide bonds. The first-order valence-electron chi connectivity index (χ1n) is 7.05. The molecule has 1 aromatic rings. The SMILES string of the molecule is CC1CCN(C)CC(CCN)N1c1ccccc1Br. The Morgan fingerprint density at radius 2 is 2.11 bits per heavy atom. The molecule has 2 N–H and O–H groups in total. The van der Waals surface area contributed by atoms with Gasteiger partial charge in [0.15, 0.2) is 0 Å². The lowest BCUT2D eigenvalue weighted by molar-refractivity contribution is 0.326. The quantitative estimate of drug-likeness (QED) is 0.927. The summed E-state index contributed by atoms with van der Waals surface area (Å²) >= 11 is 3.69. The molecule has 1 saturated heterocycles. The third-order valence-corrected chi connectivity index (χ3v) is 4.62. The number of halogens is 1. The number of nitrogens with two attached hydrogens (primary N) is 1. The van der Waals surface area contributed by atoms with E-state index in [4.69, 9.17) is 5.73 Å². The summed E-state index contributed by atoms with van der Waals surface area (Å²) in [5.74, 6) is 0. The van der Waals surface area contributed by atoms with E-state index in [9.17, 15) is 0 Å². The van der Waals surface area contributed by atoms with Gasteiger partial charge in [-0.2, -0.15) is 0 Å². The Hall–Kier alpha value is -0.580. The molecule has 0 spiro atoms. The van der Waals surface area contributed by atoms with Crippen molar-refractivity contribution in [1.82, 2.24) is 4.90 Å². The second-order valence-electron chi connectivity index (χ2n) is 5.49. The molecular weight excluding hydrogens is 302 g/mol. The molecule has 2 atom stereocenters. The van der Waals surface area contributed by atoms with Crippen molar-refractivity contribution in [3.63, 3.8) is 0 Å². The maximum atomic E-state index is 5.82. The van der Waals surface area contributed by atoms with E-state index in [0.717, 1.165) is 26.1 Å². The van der Waals surface area contributed by atoms with Crippen molar-refractivity contribution in [3.8, 4) is 0 Å². The van der Waals surface area contributed by atoms with E-state index in [-0.39, 0.29) is 0 Å². The summed E-state index contributed by atoms with van der Waals surface area (Å²) in [6.07, 6.45) is 2.23. The standard InChI is InChI=1S/C15H24BrN3/c1-12-8-10-18(2)11-13(7-9-17)19(12)15-6-4-3-5-14(15)16/h3-6,12-13H,7-11,17H2,1-2H3. The third-order valence-electron chi connectivity index (χ3n) is 3.95. The lowest BCUT2D eigenvalue weighted by Gasteiger charge is -2.37. The van der Waals surface area contributed by atoms with Crippen LogP contribution in [0.5, 0.6) is 0 Å². The first-order valence-corrected chi connectivity index (χ1v) is 7.84. The van der Waals surface area contributed by atoms with Gasteiger partial charge in [0.25, 0.3) is 0 Å². The molecule has 1 aliphatic rings. The molecule has 1 heterocycles. The maximum absolute atomic E-state index is 5.82. The van der Waals surface area contributed by atoms with E-state index < -0.39 is 0 Å². The van der Waals surface area contributed by atoms with Crippen molar-refractivity contribution in [2.45, 2.75) is 31.8 Å². The molecular formula is C15H24BrN3. The van der Waals surface area contributed by atoms with E-state index in [1.165, 1.54) is 16.6 Å². The Morgan fingerprint density at radius 3 is 2.79 bits per heavy atom. The van der Waals surface area contributed by atoms with Gasteiger partial charge >= 0.3 is 0 Å². The molecule has 1 aromatic carbocycles. The van der Waals surface area contributed by atoms with Crippen LogP contribution in [0, 0.1) is 0 Å². The molecule has 106 valence electrons. The second kappa shape index (κ2) is 6.73. The van der Waals surface area contributed by atoms with Crippen LogP contribution in [-0.4, -0.2) is 43.7 Å². The van der Waals surface area contributed by atoms with Crippen LogP contribution in [-0.2, 0) is 0 Å². The number of hydrogen-bond acceptors (Lipinski definition) is 3. The number of benzene rings is 1. The molecule has 1 fully saturated rings.